The molecular formula is C17H20N2O4S. The zero-order valence-corrected chi connectivity index (χ0v) is 14.3. The van der Waals surface area contributed by atoms with E-state index in [0.717, 1.165) is 11.3 Å². The van der Waals surface area contributed by atoms with E-state index >= 15 is 0 Å². The highest BCUT2D eigenvalue weighted by Gasteiger charge is 2.13. The van der Waals surface area contributed by atoms with Crippen molar-refractivity contribution in [2.24, 2.45) is 5.14 Å². The average Bonchev–Trinajstić information content (AvgIpc) is 2.54. The van der Waals surface area contributed by atoms with Crippen molar-refractivity contribution in [3.05, 3.63) is 59.7 Å². The fraction of sp³-hybridized carbons (Fsp3) is 0.235. The molecule has 6 nitrogen and oxygen atoms in total. The zero-order chi connectivity index (χ0) is 17.7. The molecule has 0 radical (unpaired) electrons. The van der Waals surface area contributed by atoms with E-state index in [1.807, 2.05) is 12.1 Å². The van der Waals surface area contributed by atoms with Gasteiger partial charge in [0.25, 0.3) is 0 Å². The fourth-order valence-electron chi connectivity index (χ4n) is 2.27. The predicted molar refractivity (Wildman–Crippen MR) is 91.1 cm³/mol. The number of nitrogens with two attached hydrogens (primary N) is 1. The third kappa shape index (κ3) is 4.81. The lowest BCUT2D eigenvalue weighted by Gasteiger charge is -2.15. The molecule has 0 bridgehead atoms. The van der Waals surface area contributed by atoms with E-state index in [1.165, 1.54) is 12.1 Å². The number of hydrogen-bond donors (Lipinski definition) is 2. The molecule has 0 saturated carbocycles. The van der Waals surface area contributed by atoms with Crippen LogP contribution >= 0.6 is 0 Å². The molecule has 1 atom stereocenters. The molecule has 1 amide bonds. The molecule has 7 heteroatoms. The van der Waals surface area contributed by atoms with Crippen LogP contribution in [0.1, 0.15) is 24.1 Å². The summed E-state index contributed by atoms with van der Waals surface area (Å²) in [5.41, 5.74) is 1.53. The first kappa shape index (κ1) is 18.0. The van der Waals surface area contributed by atoms with Gasteiger partial charge in [-0.15, -0.1) is 0 Å². The highest BCUT2D eigenvalue weighted by molar-refractivity contribution is 7.89. The van der Waals surface area contributed by atoms with Gasteiger partial charge in [-0.2, -0.15) is 0 Å². The molecule has 24 heavy (non-hydrogen) atoms. The lowest BCUT2D eigenvalue weighted by Crippen LogP contribution is -2.28. The van der Waals surface area contributed by atoms with Crippen LogP contribution in [-0.2, 0) is 21.2 Å². The number of sulfonamides is 1. The molecule has 0 heterocycles. The van der Waals surface area contributed by atoms with Crippen LogP contribution in [-0.4, -0.2) is 21.4 Å². The summed E-state index contributed by atoms with van der Waals surface area (Å²) in [4.78, 5) is 12.2. The minimum atomic E-state index is -3.77. The van der Waals surface area contributed by atoms with Gasteiger partial charge in [0.2, 0.25) is 15.9 Å². The minimum Gasteiger partial charge on any atom is -0.497 e. The Bertz CT molecular complexity index is 817. The Hall–Kier alpha value is -2.38. The number of amides is 1. The van der Waals surface area contributed by atoms with Gasteiger partial charge >= 0.3 is 0 Å². The molecule has 2 aromatic rings. The van der Waals surface area contributed by atoms with Gasteiger partial charge in [-0.3, -0.25) is 4.79 Å². The first-order chi connectivity index (χ1) is 11.3. The third-order valence-electron chi connectivity index (χ3n) is 3.59. The number of methoxy groups -OCH3 is 1. The molecule has 0 unspecified atom stereocenters. The van der Waals surface area contributed by atoms with Gasteiger partial charge in [0, 0.05) is 0 Å². The van der Waals surface area contributed by atoms with Crippen molar-refractivity contribution in [3.63, 3.8) is 0 Å². The van der Waals surface area contributed by atoms with Gasteiger partial charge in [0.05, 0.1) is 24.5 Å². The van der Waals surface area contributed by atoms with Crippen molar-refractivity contribution in [3.8, 4) is 5.75 Å². The number of carbonyl (C=O) groups excluding carboxylic acids is 1. The van der Waals surface area contributed by atoms with Crippen LogP contribution in [0.3, 0.4) is 0 Å². The number of ether oxygens (including phenoxy) is 1. The van der Waals surface area contributed by atoms with Crippen molar-refractivity contribution < 1.29 is 17.9 Å². The SMILES string of the molecule is COc1ccc(CC(=O)N[C@@H](C)c2cccc(S(N)(=O)=O)c2)cc1. The van der Waals surface area contributed by atoms with Crippen LogP contribution in [0.15, 0.2) is 53.4 Å². The second-order valence-electron chi connectivity index (χ2n) is 5.43. The van der Waals surface area contributed by atoms with Gasteiger partial charge in [-0.25, -0.2) is 13.6 Å². The topological polar surface area (TPSA) is 98.5 Å². The van der Waals surface area contributed by atoms with E-state index in [1.54, 1.807) is 38.3 Å². The molecule has 0 aromatic heterocycles. The number of hydrogen-bond acceptors (Lipinski definition) is 4. The molecular weight excluding hydrogens is 328 g/mol. The molecule has 2 rings (SSSR count). The van der Waals surface area contributed by atoms with Gasteiger partial charge < -0.3 is 10.1 Å². The summed E-state index contributed by atoms with van der Waals surface area (Å²) in [7, 11) is -2.18. The van der Waals surface area contributed by atoms with Crippen LogP contribution < -0.4 is 15.2 Å². The number of carbonyl (C=O) groups is 1. The molecule has 0 saturated heterocycles. The van der Waals surface area contributed by atoms with E-state index in [-0.39, 0.29) is 23.3 Å². The van der Waals surface area contributed by atoms with Crippen LogP contribution in [0.25, 0.3) is 0 Å². The van der Waals surface area contributed by atoms with E-state index < -0.39 is 10.0 Å². The Labute approximate surface area is 141 Å². The molecule has 0 spiro atoms. The summed E-state index contributed by atoms with van der Waals surface area (Å²) in [6, 6.07) is 13.1. The van der Waals surface area contributed by atoms with Crippen molar-refractivity contribution in [2.45, 2.75) is 24.3 Å². The number of nitrogens with one attached hydrogen (secondary N) is 1. The lowest BCUT2D eigenvalue weighted by molar-refractivity contribution is -0.121. The maximum atomic E-state index is 12.1. The van der Waals surface area contributed by atoms with Crippen LogP contribution in [0.5, 0.6) is 5.75 Å². The summed E-state index contributed by atoms with van der Waals surface area (Å²) >= 11 is 0. The molecule has 128 valence electrons. The number of primary sulfonamides is 1. The first-order valence-corrected chi connectivity index (χ1v) is 8.89. The second kappa shape index (κ2) is 7.46. The fourth-order valence-corrected chi connectivity index (χ4v) is 2.83. The smallest absolute Gasteiger partial charge is 0.238 e. The molecule has 0 fully saturated rings. The van der Waals surface area contributed by atoms with Crippen LogP contribution in [0, 0.1) is 0 Å². The van der Waals surface area contributed by atoms with Crippen molar-refractivity contribution in [1.82, 2.24) is 5.32 Å². The second-order valence-corrected chi connectivity index (χ2v) is 6.99. The maximum Gasteiger partial charge on any atom is 0.238 e. The normalized spacial score (nSPS) is 12.5. The van der Waals surface area contributed by atoms with E-state index in [4.69, 9.17) is 9.88 Å². The summed E-state index contributed by atoms with van der Waals surface area (Å²) in [5, 5.41) is 7.97. The Morgan fingerprint density at radius 2 is 1.88 bits per heavy atom. The monoisotopic (exact) mass is 348 g/mol. The predicted octanol–water partition coefficient (Wildman–Crippen LogP) is 1.76. The number of benzene rings is 2. The molecule has 2 aromatic carbocycles. The van der Waals surface area contributed by atoms with E-state index in [9.17, 15) is 13.2 Å². The number of rotatable bonds is 6. The Morgan fingerprint density at radius 3 is 2.46 bits per heavy atom. The lowest BCUT2D eigenvalue weighted by atomic mass is 10.1. The minimum absolute atomic E-state index is 0.0243. The summed E-state index contributed by atoms with van der Waals surface area (Å²) in [5.74, 6) is 0.570. The van der Waals surface area contributed by atoms with Crippen LogP contribution in [0.2, 0.25) is 0 Å². The first-order valence-electron chi connectivity index (χ1n) is 7.34. The average molecular weight is 348 g/mol. The highest BCUT2D eigenvalue weighted by Crippen LogP contribution is 2.17. The van der Waals surface area contributed by atoms with Crippen molar-refractivity contribution in [1.29, 1.82) is 0 Å². The van der Waals surface area contributed by atoms with Crippen molar-refractivity contribution >= 4 is 15.9 Å². The third-order valence-corrected chi connectivity index (χ3v) is 4.50. The Balaban J connectivity index is 2.03. The molecule has 3 N–H and O–H groups in total. The van der Waals surface area contributed by atoms with Crippen LogP contribution in [0.4, 0.5) is 0 Å². The molecule has 0 aliphatic heterocycles. The van der Waals surface area contributed by atoms with Crippen molar-refractivity contribution in [2.75, 3.05) is 7.11 Å². The summed E-state index contributed by atoms with van der Waals surface area (Å²) < 4.78 is 27.9. The zero-order valence-electron chi connectivity index (χ0n) is 13.5. The van der Waals surface area contributed by atoms with Gasteiger partial charge in [0.1, 0.15) is 5.75 Å². The maximum absolute atomic E-state index is 12.1. The molecule has 0 aliphatic rings. The molecule has 0 aliphatic carbocycles. The van der Waals surface area contributed by atoms with Gasteiger partial charge in [0.15, 0.2) is 0 Å². The van der Waals surface area contributed by atoms with E-state index in [2.05, 4.69) is 5.32 Å². The highest BCUT2D eigenvalue weighted by atomic mass is 32.2. The Kier molecular flexibility index (Phi) is 5.58. The summed E-state index contributed by atoms with van der Waals surface area (Å²) in [6.45, 7) is 1.79. The Morgan fingerprint density at radius 1 is 1.21 bits per heavy atom. The standard InChI is InChI=1S/C17H20N2O4S/c1-12(14-4-3-5-16(11-14)24(18,21)22)19-17(20)10-13-6-8-15(23-2)9-7-13/h3-9,11-12H,10H2,1-2H3,(H,19,20)(H2,18,21,22)/t12-/m0/s1. The quantitative estimate of drug-likeness (QED) is 0.831. The van der Waals surface area contributed by atoms with Gasteiger partial charge in [-0.05, 0) is 42.3 Å². The van der Waals surface area contributed by atoms with E-state index in [0.29, 0.717) is 5.56 Å². The van der Waals surface area contributed by atoms with Gasteiger partial charge in [-0.1, -0.05) is 24.3 Å². The largest absolute Gasteiger partial charge is 0.497 e. The summed E-state index contributed by atoms with van der Waals surface area (Å²) in [6.07, 6.45) is 0.225.